The van der Waals surface area contributed by atoms with Gasteiger partial charge in [-0.15, -0.1) is 0 Å². The third kappa shape index (κ3) is 1.78. The molecular formula is C8H5NO3. The Morgan fingerprint density at radius 2 is 1.92 bits per heavy atom. The SMILES string of the molecule is O=C=Nc1ccc(C(=O)O)cc1. The fourth-order valence-electron chi connectivity index (χ4n) is 0.731. The van der Waals surface area contributed by atoms with E-state index in [0.717, 1.165) is 0 Å². The molecule has 1 N–H and O–H groups in total. The molecule has 12 heavy (non-hydrogen) atoms. The Hall–Kier alpha value is -1.93. The standard InChI is InChI=1S/C8H5NO3/c10-5-9-7-3-1-6(2-4-7)8(11)12/h1-4H,(H,11,12). The molecule has 0 saturated carbocycles. The molecule has 0 heterocycles. The average molecular weight is 163 g/mol. The second-order valence-electron chi connectivity index (χ2n) is 2.06. The van der Waals surface area contributed by atoms with E-state index in [9.17, 15) is 9.59 Å². The van der Waals surface area contributed by atoms with Gasteiger partial charge in [0.25, 0.3) is 0 Å². The maximum Gasteiger partial charge on any atom is 0.335 e. The predicted octanol–water partition coefficient (Wildman–Crippen LogP) is 1.35. The van der Waals surface area contributed by atoms with E-state index in [4.69, 9.17) is 5.11 Å². The second-order valence-corrected chi connectivity index (χ2v) is 2.06. The van der Waals surface area contributed by atoms with Gasteiger partial charge in [-0.25, -0.2) is 9.59 Å². The van der Waals surface area contributed by atoms with Crippen molar-refractivity contribution in [2.45, 2.75) is 0 Å². The Morgan fingerprint density at radius 1 is 1.33 bits per heavy atom. The molecule has 0 aliphatic heterocycles. The molecule has 1 rings (SSSR count). The lowest BCUT2D eigenvalue weighted by Crippen LogP contribution is -1.93. The summed E-state index contributed by atoms with van der Waals surface area (Å²) in [6.07, 6.45) is 1.36. The van der Waals surface area contributed by atoms with Crippen molar-refractivity contribution in [2.75, 3.05) is 0 Å². The largest absolute Gasteiger partial charge is 0.478 e. The van der Waals surface area contributed by atoms with Gasteiger partial charge >= 0.3 is 5.97 Å². The molecule has 0 amide bonds. The van der Waals surface area contributed by atoms with Crippen LogP contribution in [0.3, 0.4) is 0 Å². The number of carboxylic acids is 1. The fraction of sp³-hybridized carbons (Fsp3) is 0. The summed E-state index contributed by atoms with van der Waals surface area (Å²) < 4.78 is 0. The lowest BCUT2D eigenvalue weighted by Gasteiger charge is -1.92. The van der Waals surface area contributed by atoms with Crippen LogP contribution in [0.2, 0.25) is 0 Å². The molecule has 0 radical (unpaired) electrons. The Morgan fingerprint density at radius 3 is 2.33 bits per heavy atom. The van der Waals surface area contributed by atoms with Crippen molar-refractivity contribution in [1.29, 1.82) is 0 Å². The van der Waals surface area contributed by atoms with Crippen LogP contribution in [-0.4, -0.2) is 17.2 Å². The highest BCUT2D eigenvalue weighted by atomic mass is 16.4. The van der Waals surface area contributed by atoms with Crippen molar-refractivity contribution in [3.05, 3.63) is 29.8 Å². The first kappa shape index (κ1) is 8.17. The van der Waals surface area contributed by atoms with E-state index in [1.165, 1.54) is 30.3 Å². The normalized spacial score (nSPS) is 8.67. The Bertz CT molecular complexity index is 315. The lowest BCUT2D eigenvalue weighted by molar-refractivity contribution is 0.0697. The number of hydrogen-bond acceptors (Lipinski definition) is 3. The summed E-state index contributed by atoms with van der Waals surface area (Å²) in [4.78, 5) is 23.5. The summed E-state index contributed by atoms with van der Waals surface area (Å²) in [5.41, 5.74) is 0.565. The fourth-order valence-corrected chi connectivity index (χ4v) is 0.731. The zero-order chi connectivity index (χ0) is 8.97. The second kappa shape index (κ2) is 3.46. The average Bonchev–Trinajstić information content (AvgIpc) is 2.06. The van der Waals surface area contributed by atoms with Crippen molar-refractivity contribution >= 4 is 17.7 Å². The number of hydrogen-bond donors (Lipinski definition) is 1. The third-order valence-corrected chi connectivity index (χ3v) is 1.29. The number of benzene rings is 1. The van der Waals surface area contributed by atoms with Gasteiger partial charge < -0.3 is 5.11 Å². The van der Waals surface area contributed by atoms with E-state index in [1.54, 1.807) is 0 Å². The van der Waals surface area contributed by atoms with Gasteiger partial charge in [0.05, 0.1) is 11.3 Å². The van der Waals surface area contributed by atoms with E-state index in [-0.39, 0.29) is 5.56 Å². The number of isocyanates is 1. The first-order valence-electron chi connectivity index (χ1n) is 3.15. The molecule has 0 aromatic heterocycles. The zero-order valence-electron chi connectivity index (χ0n) is 6.02. The number of aliphatic imine (C=N–C) groups is 1. The van der Waals surface area contributed by atoms with Crippen molar-refractivity contribution in [3.63, 3.8) is 0 Å². The highest BCUT2D eigenvalue weighted by molar-refractivity contribution is 5.87. The van der Waals surface area contributed by atoms with Crippen LogP contribution in [0.4, 0.5) is 5.69 Å². The van der Waals surface area contributed by atoms with E-state index in [2.05, 4.69) is 4.99 Å². The van der Waals surface area contributed by atoms with Crippen LogP contribution in [0.15, 0.2) is 29.3 Å². The predicted molar refractivity (Wildman–Crippen MR) is 41.2 cm³/mol. The summed E-state index contributed by atoms with van der Waals surface area (Å²) in [7, 11) is 0. The van der Waals surface area contributed by atoms with Gasteiger partial charge in [-0.3, -0.25) is 0 Å². The maximum absolute atomic E-state index is 10.4. The monoisotopic (exact) mass is 163 g/mol. The number of aromatic carboxylic acids is 1. The molecule has 0 atom stereocenters. The number of carbonyl (C=O) groups is 1. The number of carboxylic acid groups (broad SMARTS) is 1. The van der Waals surface area contributed by atoms with Crippen molar-refractivity contribution in [3.8, 4) is 0 Å². The molecule has 1 aromatic carbocycles. The molecule has 0 aliphatic rings. The third-order valence-electron chi connectivity index (χ3n) is 1.29. The number of carbonyl (C=O) groups excluding carboxylic acids is 1. The molecule has 4 nitrogen and oxygen atoms in total. The number of nitrogens with zero attached hydrogens (tertiary/aromatic N) is 1. The van der Waals surface area contributed by atoms with Crippen LogP contribution in [0.25, 0.3) is 0 Å². The van der Waals surface area contributed by atoms with Crippen molar-refractivity contribution < 1.29 is 14.7 Å². The van der Waals surface area contributed by atoms with Gasteiger partial charge in [0, 0.05) is 0 Å². The molecule has 60 valence electrons. The first-order chi connectivity index (χ1) is 5.74. The summed E-state index contributed by atoms with van der Waals surface area (Å²) in [5.74, 6) is -1.00. The van der Waals surface area contributed by atoms with Crippen LogP contribution < -0.4 is 0 Å². The van der Waals surface area contributed by atoms with Gasteiger partial charge in [-0.05, 0) is 24.3 Å². The van der Waals surface area contributed by atoms with Gasteiger partial charge in [-0.1, -0.05) is 0 Å². The highest BCUT2D eigenvalue weighted by Crippen LogP contribution is 2.11. The van der Waals surface area contributed by atoms with Gasteiger partial charge in [0.15, 0.2) is 0 Å². The molecule has 4 heteroatoms. The topological polar surface area (TPSA) is 66.7 Å². The van der Waals surface area contributed by atoms with Crippen LogP contribution >= 0.6 is 0 Å². The Balaban J connectivity index is 3.00. The molecule has 0 aliphatic carbocycles. The summed E-state index contributed by atoms with van der Waals surface area (Å²) in [6.45, 7) is 0. The minimum Gasteiger partial charge on any atom is -0.478 e. The summed E-state index contributed by atoms with van der Waals surface area (Å²) in [6, 6.07) is 5.62. The summed E-state index contributed by atoms with van der Waals surface area (Å²) >= 11 is 0. The van der Waals surface area contributed by atoms with Crippen LogP contribution in [0, 0.1) is 0 Å². The minimum absolute atomic E-state index is 0.167. The molecule has 0 spiro atoms. The van der Waals surface area contributed by atoms with Gasteiger partial charge in [-0.2, -0.15) is 4.99 Å². The minimum atomic E-state index is -1.00. The quantitative estimate of drug-likeness (QED) is 0.528. The van der Waals surface area contributed by atoms with Crippen LogP contribution in [0.5, 0.6) is 0 Å². The highest BCUT2D eigenvalue weighted by Gasteiger charge is 1.99. The van der Waals surface area contributed by atoms with Crippen molar-refractivity contribution in [1.82, 2.24) is 0 Å². The Labute approximate surface area is 68.2 Å². The van der Waals surface area contributed by atoms with E-state index >= 15 is 0 Å². The Kier molecular flexibility index (Phi) is 2.35. The molecule has 0 fully saturated rings. The molecule has 0 saturated heterocycles. The molecular weight excluding hydrogens is 158 g/mol. The van der Waals surface area contributed by atoms with Gasteiger partial charge in [0.1, 0.15) is 0 Å². The number of rotatable bonds is 2. The van der Waals surface area contributed by atoms with E-state index < -0.39 is 5.97 Å². The maximum atomic E-state index is 10.4. The smallest absolute Gasteiger partial charge is 0.335 e. The van der Waals surface area contributed by atoms with Crippen LogP contribution in [-0.2, 0) is 4.79 Å². The van der Waals surface area contributed by atoms with Crippen molar-refractivity contribution in [2.24, 2.45) is 4.99 Å². The molecule has 0 unspecified atom stereocenters. The van der Waals surface area contributed by atoms with E-state index in [0.29, 0.717) is 5.69 Å². The molecule has 0 bridgehead atoms. The lowest BCUT2D eigenvalue weighted by atomic mass is 10.2. The summed E-state index contributed by atoms with van der Waals surface area (Å²) in [5, 5.41) is 8.50. The molecule has 1 aromatic rings. The van der Waals surface area contributed by atoms with Gasteiger partial charge in [0.2, 0.25) is 6.08 Å². The zero-order valence-corrected chi connectivity index (χ0v) is 6.02. The van der Waals surface area contributed by atoms with Crippen LogP contribution in [0.1, 0.15) is 10.4 Å². The van der Waals surface area contributed by atoms with E-state index in [1.807, 2.05) is 0 Å². The first-order valence-corrected chi connectivity index (χ1v) is 3.15.